The van der Waals surface area contributed by atoms with Crippen molar-refractivity contribution >= 4 is 34.0 Å². The van der Waals surface area contributed by atoms with Gasteiger partial charge in [0.15, 0.2) is 0 Å². The van der Waals surface area contributed by atoms with Crippen LogP contribution in [0.2, 0.25) is 0 Å². The van der Waals surface area contributed by atoms with Gasteiger partial charge in [-0.25, -0.2) is 0 Å². The zero-order valence-corrected chi connectivity index (χ0v) is 11.5. The number of rotatable bonds is 1. The average molecular weight is 332 g/mol. The Bertz CT molecular complexity index is 383. The van der Waals surface area contributed by atoms with Gasteiger partial charge in [0, 0.05) is 22.3 Å². The molecule has 0 spiro atoms. The molecule has 1 aliphatic heterocycles. The standard InChI is InChI=1S/C12H17IN2O/c1-8-7-15(5-4-12(8)16)11-3-2-9(14)6-10(11)13/h2-3,6,8,12,16H,4-5,7,14H2,1H3. The van der Waals surface area contributed by atoms with Gasteiger partial charge >= 0.3 is 0 Å². The molecule has 4 heteroatoms. The molecule has 1 fully saturated rings. The van der Waals surface area contributed by atoms with Crippen molar-refractivity contribution in [3.63, 3.8) is 0 Å². The fourth-order valence-corrected chi connectivity index (χ4v) is 3.01. The number of nitrogens with two attached hydrogens (primary N) is 1. The minimum absolute atomic E-state index is 0.150. The molecule has 2 atom stereocenters. The summed E-state index contributed by atoms with van der Waals surface area (Å²) >= 11 is 2.32. The number of nitrogen functional groups attached to an aromatic ring is 1. The van der Waals surface area contributed by atoms with Crippen molar-refractivity contribution in [3.05, 3.63) is 21.8 Å². The van der Waals surface area contributed by atoms with Crippen molar-refractivity contribution in [2.45, 2.75) is 19.4 Å². The monoisotopic (exact) mass is 332 g/mol. The van der Waals surface area contributed by atoms with Gasteiger partial charge in [-0.1, -0.05) is 6.92 Å². The summed E-state index contributed by atoms with van der Waals surface area (Å²) in [5.74, 6) is 0.335. The normalized spacial score (nSPS) is 25.8. The highest BCUT2D eigenvalue weighted by Gasteiger charge is 2.25. The highest BCUT2D eigenvalue weighted by atomic mass is 127. The summed E-state index contributed by atoms with van der Waals surface area (Å²) in [6, 6.07) is 6.00. The third-order valence-electron chi connectivity index (χ3n) is 3.17. The molecule has 1 aromatic rings. The van der Waals surface area contributed by atoms with E-state index in [1.54, 1.807) is 0 Å². The van der Waals surface area contributed by atoms with Crippen molar-refractivity contribution in [1.29, 1.82) is 0 Å². The molecule has 3 N–H and O–H groups in total. The molecule has 2 rings (SSSR count). The average Bonchev–Trinajstić information content (AvgIpc) is 2.22. The predicted molar refractivity (Wildman–Crippen MR) is 75.6 cm³/mol. The molecule has 0 bridgehead atoms. The molecule has 0 amide bonds. The van der Waals surface area contributed by atoms with Crippen LogP contribution in [0.15, 0.2) is 18.2 Å². The lowest BCUT2D eigenvalue weighted by molar-refractivity contribution is 0.0970. The summed E-state index contributed by atoms with van der Waals surface area (Å²) in [5, 5.41) is 9.71. The third kappa shape index (κ3) is 2.43. The molecule has 1 heterocycles. The largest absolute Gasteiger partial charge is 0.399 e. The first-order valence-electron chi connectivity index (χ1n) is 5.56. The Balaban J connectivity index is 2.18. The second-order valence-electron chi connectivity index (χ2n) is 4.49. The molecule has 2 unspecified atom stereocenters. The van der Waals surface area contributed by atoms with E-state index in [0.717, 1.165) is 25.2 Å². The van der Waals surface area contributed by atoms with Crippen LogP contribution in [-0.2, 0) is 0 Å². The van der Waals surface area contributed by atoms with Crippen molar-refractivity contribution < 1.29 is 5.11 Å². The smallest absolute Gasteiger partial charge is 0.0599 e. The van der Waals surface area contributed by atoms with Crippen LogP contribution in [0.3, 0.4) is 0 Å². The van der Waals surface area contributed by atoms with E-state index in [0.29, 0.717) is 5.92 Å². The Morgan fingerprint density at radius 1 is 1.50 bits per heavy atom. The number of hydrogen-bond donors (Lipinski definition) is 2. The van der Waals surface area contributed by atoms with Crippen LogP contribution >= 0.6 is 22.6 Å². The van der Waals surface area contributed by atoms with E-state index in [-0.39, 0.29) is 6.10 Å². The first-order chi connectivity index (χ1) is 7.58. The van der Waals surface area contributed by atoms with Crippen molar-refractivity contribution in [2.75, 3.05) is 23.7 Å². The van der Waals surface area contributed by atoms with Crippen LogP contribution < -0.4 is 10.6 Å². The van der Waals surface area contributed by atoms with Crippen molar-refractivity contribution in [1.82, 2.24) is 0 Å². The number of benzene rings is 1. The van der Waals surface area contributed by atoms with Crippen LogP contribution in [-0.4, -0.2) is 24.3 Å². The van der Waals surface area contributed by atoms with Gasteiger partial charge < -0.3 is 15.7 Å². The number of anilines is 2. The van der Waals surface area contributed by atoms with Crippen LogP contribution in [0.25, 0.3) is 0 Å². The van der Waals surface area contributed by atoms with Gasteiger partial charge in [0.2, 0.25) is 0 Å². The molecule has 1 aliphatic rings. The Hall–Kier alpha value is -0.490. The number of aliphatic hydroxyl groups excluding tert-OH is 1. The summed E-state index contributed by atoms with van der Waals surface area (Å²) in [5.41, 5.74) is 7.78. The molecule has 0 aliphatic carbocycles. The van der Waals surface area contributed by atoms with Gasteiger partial charge in [0.1, 0.15) is 0 Å². The zero-order valence-electron chi connectivity index (χ0n) is 9.36. The van der Waals surface area contributed by atoms with Gasteiger partial charge in [-0.2, -0.15) is 0 Å². The Labute approximate surface area is 110 Å². The number of hydrogen-bond acceptors (Lipinski definition) is 3. The van der Waals surface area contributed by atoms with Crippen LogP contribution in [0.1, 0.15) is 13.3 Å². The third-order valence-corrected chi connectivity index (χ3v) is 4.04. The van der Waals surface area contributed by atoms with Gasteiger partial charge in [-0.15, -0.1) is 0 Å². The second-order valence-corrected chi connectivity index (χ2v) is 5.65. The van der Waals surface area contributed by atoms with E-state index < -0.39 is 0 Å². The van der Waals surface area contributed by atoms with Gasteiger partial charge in [-0.3, -0.25) is 0 Å². The molecule has 3 nitrogen and oxygen atoms in total. The van der Waals surface area contributed by atoms with E-state index >= 15 is 0 Å². The fraction of sp³-hybridized carbons (Fsp3) is 0.500. The number of piperidine rings is 1. The maximum Gasteiger partial charge on any atom is 0.0599 e. The van der Waals surface area contributed by atoms with Gasteiger partial charge in [0.25, 0.3) is 0 Å². The van der Waals surface area contributed by atoms with Crippen LogP contribution in [0, 0.1) is 9.49 Å². The molecular formula is C12H17IN2O. The van der Waals surface area contributed by atoms with E-state index in [2.05, 4.69) is 40.5 Å². The minimum atomic E-state index is -0.150. The zero-order chi connectivity index (χ0) is 11.7. The lowest BCUT2D eigenvalue weighted by atomic mass is 9.96. The Morgan fingerprint density at radius 3 is 2.88 bits per heavy atom. The van der Waals surface area contributed by atoms with Crippen LogP contribution in [0.5, 0.6) is 0 Å². The highest BCUT2D eigenvalue weighted by molar-refractivity contribution is 14.1. The Kier molecular flexibility index (Phi) is 3.59. The maximum atomic E-state index is 9.71. The van der Waals surface area contributed by atoms with E-state index in [1.807, 2.05) is 12.1 Å². The number of nitrogens with zero attached hydrogens (tertiary/aromatic N) is 1. The Morgan fingerprint density at radius 2 is 2.25 bits per heavy atom. The topological polar surface area (TPSA) is 49.5 Å². The van der Waals surface area contributed by atoms with E-state index in [4.69, 9.17) is 5.73 Å². The first kappa shape index (κ1) is 12.0. The summed E-state index contributed by atoms with van der Waals surface area (Å²) in [6.07, 6.45) is 0.699. The molecule has 16 heavy (non-hydrogen) atoms. The van der Waals surface area contributed by atoms with Crippen molar-refractivity contribution in [3.8, 4) is 0 Å². The SMILES string of the molecule is CC1CN(c2ccc(N)cc2I)CCC1O. The van der Waals surface area contributed by atoms with E-state index in [9.17, 15) is 5.11 Å². The summed E-state index contributed by atoms with van der Waals surface area (Å²) in [6.45, 7) is 3.94. The summed E-state index contributed by atoms with van der Waals surface area (Å²) in [4.78, 5) is 2.33. The molecule has 0 saturated carbocycles. The quantitative estimate of drug-likeness (QED) is 0.612. The predicted octanol–water partition coefficient (Wildman–Crippen LogP) is 2.08. The van der Waals surface area contributed by atoms with E-state index in [1.165, 1.54) is 9.26 Å². The fourth-order valence-electron chi connectivity index (χ4n) is 2.13. The number of aliphatic hydroxyl groups is 1. The maximum absolute atomic E-state index is 9.71. The lowest BCUT2D eigenvalue weighted by Gasteiger charge is -2.36. The second kappa shape index (κ2) is 4.79. The molecule has 1 saturated heterocycles. The van der Waals surface area contributed by atoms with Gasteiger partial charge in [-0.05, 0) is 53.1 Å². The molecule has 0 aromatic heterocycles. The van der Waals surface area contributed by atoms with Crippen molar-refractivity contribution in [2.24, 2.45) is 5.92 Å². The summed E-state index contributed by atoms with van der Waals surface area (Å²) < 4.78 is 1.18. The molecule has 1 aromatic carbocycles. The molecule has 88 valence electrons. The minimum Gasteiger partial charge on any atom is -0.399 e. The number of halogens is 1. The van der Waals surface area contributed by atoms with Gasteiger partial charge in [0.05, 0.1) is 11.8 Å². The highest BCUT2D eigenvalue weighted by Crippen LogP contribution is 2.28. The molecule has 0 radical (unpaired) electrons. The van der Waals surface area contributed by atoms with Crippen LogP contribution in [0.4, 0.5) is 11.4 Å². The lowest BCUT2D eigenvalue weighted by Crippen LogP contribution is -2.42. The molecular weight excluding hydrogens is 315 g/mol. The first-order valence-corrected chi connectivity index (χ1v) is 6.64. The summed E-state index contributed by atoms with van der Waals surface area (Å²) in [7, 11) is 0.